The van der Waals surface area contributed by atoms with Crippen LogP contribution in [-0.2, 0) is 0 Å². The van der Waals surface area contributed by atoms with Crippen molar-refractivity contribution in [2.24, 2.45) is 11.5 Å². The van der Waals surface area contributed by atoms with E-state index in [1.165, 1.54) is 32.1 Å². The summed E-state index contributed by atoms with van der Waals surface area (Å²) in [5.41, 5.74) is 10.7. The highest BCUT2D eigenvalue weighted by Gasteiger charge is 2.13. The Labute approximate surface area is 157 Å². The van der Waals surface area contributed by atoms with Crippen molar-refractivity contribution in [3.8, 4) is 11.6 Å². The number of hydrogen-bond donors (Lipinski definition) is 2. The molecular weight excluding hydrogens is 353 g/mol. The fourth-order valence-electron chi connectivity index (χ4n) is 2.60. The van der Waals surface area contributed by atoms with E-state index in [1.807, 2.05) is 18.4 Å². The minimum Gasteiger partial charge on any atom is -0.438 e. The Morgan fingerprint density at radius 1 is 1.27 bits per heavy atom. The Balaban J connectivity index is 0.000000290. The number of nitrogens with zero attached hydrogens (tertiary/aromatic N) is 1. The zero-order valence-electron chi connectivity index (χ0n) is 14.8. The number of hydrogen-bond acceptors (Lipinski definition) is 5. The van der Waals surface area contributed by atoms with Gasteiger partial charge in [-0.25, -0.2) is 9.37 Å². The molecule has 1 heterocycles. The van der Waals surface area contributed by atoms with Gasteiger partial charge >= 0.3 is 0 Å². The summed E-state index contributed by atoms with van der Waals surface area (Å²) in [5, 5.41) is 0. The minimum absolute atomic E-state index is 0.00727. The average molecular weight is 377 g/mol. The van der Waals surface area contributed by atoms with Gasteiger partial charge in [0, 0.05) is 10.9 Å². The van der Waals surface area contributed by atoms with Crippen LogP contribution in [0.5, 0.6) is 11.6 Å². The maximum atomic E-state index is 13.0. The van der Waals surface area contributed by atoms with E-state index >= 15 is 0 Å². The topological polar surface area (TPSA) is 91.2 Å². The molecule has 1 aliphatic carbocycles. The predicted octanol–water partition coefficient (Wildman–Crippen LogP) is 4.11. The SMILES string of the molecule is CSc1cccc(Oc2ncc(F)cc2C(N)=O)c1.NC1CCCCC1. The van der Waals surface area contributed by atoms with Crippen LogP contribution in [0.4, 0.5) is 4.39 Å². The van der Waals surface area contributed by atoms with Crippen molar-refractivity contribution in [2.45, 2.75) is 43.0 Å². The van der Waals surface area contributed by atoms with Crippen molar-refractivity contribution in [1.82, 2.24) is 4.98 Å². The molecule has 1 amide bonds. The van der Waals surface area contributed by atoms with Crippen molar-refractivity contribution < 1.29 is 13.9 Å². The van der Waals surface area contributed by atoms with Crippen LogP contribution in [0.3, 0.4) is 0 Å². The molecule has 2 aromatic rings. The van der Waals surface area contributed by atoms with Gasteiger partial charge in [-0.3, -0.25) is 4.79 Å². The summed E-state index contributed by atoms with van der Waals surface area (Å²) in [7, 11) is 0. The van der Waals surface area contributed by atoms with Gasteiger partial charge in [0.05, 0.1) is 6.20 Å². The molecule has 1 saturated carbocycles. The number of ether oxygens (including phenoxy) is 1. The van der Waals surface area contributed by atoms with Crippen molar-refractivity contribution >= 4 is 17.7 Å². The summed E-state index contributed by atoms with van der Waals surface area (Å²) < 4.78 is 18.5. The first kappa shape index (κ1) is 20.2. The maximum Gasteiger partial charge on any atom is 0.254 e. The van der Waals surface area contributed by atoms with E-state index in [-0.39, 0.29) is 11.4 Å². The van der Waals surface area contributed by atoms with Crippen LogP contribution in [-0.4, -0.2) is 23.2 Å². The minimum atomic E-state index is -0.789. The van der Waals surface area contributed by atoms with E-state index in [0.29, 0.717) is 11.8 Å². The Bertz CT molecular complexity index is 736. The Morgan fingerprint density at radius 3 is 2.58 bits per heavy atom. The van der Waals surface area contributed by atoms with E-state index in [1.54, 1.807) is 23.9 Å². The lowest BCUT2D eigenvalue weighted by Crippen LogP contribution is -2.22. The molecule has 26 heavy (non-hydrogen) atoms. The van der Waals surface area contributed by atoms with Gasteiger partial charge in [-0.15, -0.1) is 11.8 Å². The molecule has 4 N–H and O–H groups in total. The van der Waals surface area contributed by atoms with Crippen molar-refractivity contribution in [3.05, 3.63) is 47.9 Å². The lowest BCUT2D eigenvalue weighted by molar-refractivity contribution is 0.0997. The zero-order valence-corrected chi connectivity index (χ0v) is 15.6. The molecule has 0 spiro atoms. The van der Waals surface area contributed by atoms with E-state index < -0.39 is 11.7 Å². The summed E-state index contributed by atoms with van der Waals surface area (Å²) in [4.78, 5) is 16.0. The monoisotopic (exact) mass is 377 g/mol. The number of rotatable bonds is 4. The quantitative estimate of drug-likeness (QED) is 0.782. The summed E-state index contributed by atoms with van der Waals surface area (Å²) >= 11 is 1.55. The van der Waals surface area contributed by atoms with Gasteiger partial charge in [0.1, 0.15) is 17.1 Å². The molecule has 1 aromatic carbocycles. The molecule has 1 aromatic heterocycles. The molecule has 0 aliphatic heterocycles. The fourth-order valence-corrected chi connectivity index (χ4v) is 3.04. The number of carbonyl (C=O) groups excluding carboxylic acids is 1. The smallest absolute Gasteiger partial charge is 0.254 e. The van der Waals surface area contributed by atoms with Crippen LogP contribution >= 0.6 is 11.8 Å². The molecule has 0 atom stereocenters. The van der Waals surface area contributed by atoms with Gasteiger partial charge in [-0.2, -0.15) is 0 Å². The third-order valence-electron chi connectivity index (χ3n) is 3.99. The largest absolute Gasteiger partial charge is 0.438 e. The average Bonchev–Trinajstić information content (AvgIpc) is 2.64. The zero-order chi connectivity index (χ0) is 18.9. The second kappa shape index (κ2) is 10.1. The number of halogens is 1. The first-order chi connectivity index (χ1) is 12.5. The second-order valence-electron chi connectivity index (χ2n) is 6.05. The van der Waals surface area contributed by atoms with Crippen molar-refractivity contribution in [1.29, 1.82) is 0 Å². The third kappa shape index (κ3) is 6.31. The van der Waals surface area contributed by atoms with E-state index in [4.69, 9.17) is 16.2 Å². The van der Waals surface area contributed by atoms with Crippen molar-refractivity contribution in [3.63, 3.8) is 0 Å². The number of pyridine rings is 1. The van der Waals surface area contributed by atoms with Crippen LogP contribution in [0.2, 0.25) is 0 Å². The van der Waals surface area contributed by atoms with Crippen molar-refractivity contribution in [2.75, 3.05) is 6.26 Å². The van der Waals surface area contributed by atoms with Gasteiger partial charge in [0.25, 0.3) is 5.91 Å². The standard InChI is InChI=1S/C13H11FN2O2S.C6H13N/c1-19-10-4-2-3-9(6-10)18-13-11(12(15)17)5-8(14)7-16-13;7-6-4-2-1-3-5-6/h2-7H,1H3,(H2,15,17);6H,1-5,7H2. The molecule has 0 unspecified atom stereocenters. The summed E-state index contributed by atoms with van der Waals surface area (Å²) in [6.07, 6.45) is 9.57. The molecule has 7 heteroatoms. The third-order valence-corrected chi connectivity index (χ3v) is 4.71. The summed E-state index contributed by atoms with van der Waals surface area (Å²) in [5.74, 6) is -0.928. The highest BCUT2D eigenvalue weighted by Crippen LogP contribution is 2.26. The Morgan fingerprint density at radius 2 is 2.00 bits per heavy atom. The highest BCUT2D eigenvalue weighted by molar-refractivity contribution is 7.98. The predicted molar refractivity (Wildman–Crippen MR) is 102 cm³/mol. The highest BCUT2D eigenvalue weighted by atomic mass is 32.2. The fraction of sp³-hybridized carbons (Fsp3) is 0.368. The van der Waals surface area contributed by atoms with Crippen LogP contribution in [0.25, 0.3) is 0 Å². The first-order valence-corrected chi connectivity index (χ1v) is 9.75. The molecule has 0 bridgehead atoms. The van der Waals surface area contributed by atoms with Crippen LogP contribution in [0.1, 0.15) is 42.5 Å². The molecular formula is C19H24FN3O2S. The molecule has 1 aliphatic rings. The normalized spacial score (nSPS) is 14.3. The number of amides is 1. The molecule has 1 fully saturated rings. The molecule has 3 rings (SSSR count). The van der Waals surface area contributed by atoms with Crippen LogP contribution in [0.15, 0.2) is 41.4 Å². The lowest BCUT2D eigenvalue weighted by atomic mass is 9.97. The number of aromatic nitrogens is 1. The molecule has 0 radical (unpaired) electrons. The molecule has 140 valence electrons. The first-order valence-electron chi connectivity index (χ1n) is 8.52. The van der Waals surface area contributed by atoms with E-state index in [0.717, 1.165) is 17.2 Å². The number of benzene rings is 1. The summed E-state index contributed by atoms with van der Waals surface area (Å²) in [6, 6.07) is 8.78. The maximum absolute atomic E-state index is 13.0. The van der Waals surface area contributed by atoms with E-state index in [2.05, 4.69) is 4.98 Å². The number of carbonyl (C=O) groups is 1. The van der Waals surface area contributed by atoms with Crippen LogP contribution < -0.4 is 16.2 Å². The number of primary amides is 1. The van der Waals surface area contributed by atoms with Gasteiger partial charge < -0.3 is 16.2 Å². The van der Waals surface area contributed by atoms with Gasteiger partial charge in [0.2, 0.25) is 5.88 Å². The second-order valence-corrected chi connectivity index (χ2v) is 6.93. The summed E-state index contributed by atoms with van der Waals surface area (Å²) in [6.45, 7) is 0. The van der Waals surface area contributed by atoms with Gasteiger partial charge in [-0.1, -0.05) is 25.3 Å². The Hall–Kier alpha value is -2.12. The molecule has 5 nitrogen and oxygen atoms in total. The number of nitrogens with two attached hydrogens (primary N) is 2. The Kier molecular flexibility index (Phi) is 7.87. The van der Waals surface area contributed by atoms with Crippen LogP contribution in [0, 0.1) is 5.82 Å². The van der Waals surface area contributed by atoms with E-state index in [9.17, 15) is 9.18 Å². The lowest BCUT2D eigenvalue weighted by Gasteiger charge is -2.15. The number of thioether (sulfide) groups is 1. The van der Waals surface area contributed by atoms with Gasteiger partial charge in [-0.05, 0) is 43.4 Å². The van der Waals surface area contributed by atoms with Gasteiger partial charge in [0.15, 0.2) is 0 Å². The molecule has 0 saturated heterocycles.